The SMILES string of the molecule is NS(=O)(=O)c1cc([N+](=O)[O-])c(NCCCN2CCOCC2)s1. The second-order valence-corrected chi connectivity index (χ2v) is 7.66. The zero-order chi connectivity index (χ0) is 16.2. The minimum Gasteiger partial charge on any atom is -0.379 e. The lowest BCUT2D eigenvalue weighted by Gasteiger charge is -2.26. The molecule has 1 aliphatic heterocycles. The molecular weight excluding hydrogens is 332 g/mol. The molecule has 0 amide bonds. The maximum Gasteiger partial charge on any atom is 0.304 e. The largest absolute Gasteiger partial charge is 0.379 e. The molecule has 22 heavy (non-hydrogen) atoms. The molecule has 0 aromatic carbocycles. The van der Waals surface area contributed by atoms with Crippen molar-refractivity contribution in [1.82, 2.24) is 4.90 Å². The minimum atomic E-state index is -3.93. The average molecular weight is 350 g/mol. The summed E-state index contributed by atoms with van der Waals surface area (Å²) in [6.07, 6.45) is 0.791. The fraction of sp³-hybridized carbons (Fsp3) is 0.636. The van der Waals surface area contributed by atoms with Gasteiger partial charge in [0.2, 0.25) is 10.0 Å². The maximum absolute atomic E-state index is 11.3. The second-order valence-electron chi connectivity index (χ2n) is 4.82. The van der Waals surface area contributed by atoms with Crippen LogP contribution in [-0.4, -0.2) is 57.6 Å². The van der Waals surface area contributed by atoms with Crippen molar-refractivity contribution in [2.45, 2.75) is 10.6 Å². The molecule has 0 unspecified atom stereocenters. The molecule has 3 N–H and O–H groups in total. The van der Waals surface area contributed by atoms with E-state index in [1.54, 1.807) is 0 Å². The topological polar surface area (TPSA) is 128 Å². The van der Waals surface area contributed by atoms with E-state index in [-0.39, 0.29) is 14.9 Å². The van der Waals surface area contributed by atoms with Gasteiger partial charge in [0.25, 0.3) is 0 Å². The lowest BCUT2D eigenvalue weighted by Crippen LogP contribution is -2.37. The van der Waals surface area contributed by atoms with Crippen LogP contribution in [0.15, 0.2) is 10.3 Å². The van der Waals surface area contributed by atoms with Crippen LogP contribution in [0.2, 0.25) is 0 Å². The van der Waals surface area contributed by atoms with E-state index in [9.17, 15) is 18.5 Å². The van der Waals surface area contributed by atoms with Crippen molar-refractivity contribution in [3.8, 4) is 0 Å². The van der Waals surface area contributed by atoms with Gasteiger partial charge in [0.05, 0.1) is 18.1 Å². The number of anilines is 1. The van der Waals surface area contributed by atoms with Crippen LogP contribution in [0.1, 0.15) is 6.42 Å². The summed E-state index contributed by atoms with van der Waals surface area (Å²) in [7, 11) is -3.93. The first-order valence-electron chi connectivity index (χ1n) is 6.73. The summed E-state index contributed by atoms with van der Waals surface area (Å²) in [6, 6.07) is 0.990. The van der Waals surface area contributed by atoms with Gasteiger partial charge >= 0.3 is 5.69 Å². The van der Waals surface area contributed by atoms with Gasteiger partial charge in [-0.3, -0.25) is 15.0 Å². The number of hydrogen-bond acceptors (Lipinski definition) is 8. The molecule has 9 nitrogen and oxygen atoms in total. The number of nitrogens with two attached hydrogens (primary N) is 1. The summed E-state index contributed by atoms with van der Waals surface area (Å²) in [5.41, 5.74) is -0.264. The Hall–Kier alpha value is -1.27. The molecule has 1 saturated heterocycles. The molecule has 0 spiro atoms. The number of nitro groups is 1. The van der Waals surface area contributed by atoms with Gasteiger partial charge in [-0.25, -0.2) is 13.6 Å². The monoisotopic (exact) mass is 350 g/mol. The summed E-state index contributed by atoms with van der Waals surface area (Å²) in [5, 5.41) is 19.1. The van der Waals surface area contributed by atoms with Crippen LogP contribution in [-0.2, 0) is 14.8 Å². The van der Waals surface area contributed by atoms with Crippen molar-refractivity contribution in [2.75, 3.05) is 44.7 Å². The molecule has 1 aromatic heterocycles. The Bertz CT molecular complexity index is 624. The van der Waals surface area contributed by atoms with Gasteiger partial charge < -0.3 is 10.1 Å². The zero-order valence-corrected chi connectivity index (χ0v) is 13.5. The summed E-state index contributed by atoms with van der Waals surface area (Å²) in [6.45, 7) is 4.59. The van der Waals surface area contributed by atoms with Gasteiger partial charge in [0.1, 0.15) is 4.21 Å². The first-order valence-corrected chi connectivity index (χ1v) is 9.09. The summed E-state index contributed by atoms with van der Waals surface area (Å²) >= 11 is 0.781. The number of nitrogens with zero attached hydrogens (tertiary/aromatic N) is 2. The van der Waals surface area contributed by atoms with Crippen LogP contribution < -0.4 is 10.5 Å². The van der Waals surface area contributed by atoms with E-state index < -0.39 is 14.9 Å². The van der Waals surface area contributed by atoms with Crippen molar-refractivity contribution in [3.63, 3.8) is 0 Å². The highest BCUT2D eigenvalue weighted by molar-refractivity contribution is 7.91. The van der Waals surface area contributed by atoms with Gasteiger partial charge in [-0.15, -0.1) is 0 Å². The molecule has 0 saturated carbocycles. The second kappa shape index (κ2) is 7.33. The molecule has 1 aliphatic rings. The van der Waals surface area contributed by atoms with Crippen molar-refractivity contribution in [1.29, 1.82) is 0 Å². The molecule has 1 fully saturated rings. The van der Waals surface area contributed by atoms with E-state index in [0.29, 0.717) is 6.54 Å². The van der Waals surface area contributed by atoms with E-state index in [1.165, 1.54) is 0 Å². The Labute approximate surface area is 132 Å². The lowest BCUT2D eigenvalue weighted by molar-refractivity contribution is -0.383. The zero-order valence-electron chi connectivity index (χ0n) is 11.9. The number of morpholine rings is 1. The highest BCUT2D eigenvalue weighted by atomic mass is 32.2. The van der Waals surface area contributed by atoms with E-state index in [1.807, 2.05) is 0 Å². The molecule has 0 radical (unpaired) electrons. The predicted molar refractivity (Wildman–Crippen MR) is 82.7 cm³/mol. The molecular formula is C11H18N4O5S2. The number of primary sulfonamides is 1. The number of ether oxygens (including phenoxy) is 1. The molecule has 0 aliphatic carbocycles. The Morgan fingerprint density at radius 2 is 2.14 bits per heavy atom. The number of hydrogen-bond donors (Lipinski definition) is 2. The van der Waals surface area contributed by atoms with Crippen molar-refractivity contribution >= 4 is 32.0 Å². The first kappa shape index (κ1) is 17.1. The third-order valence-electron chi connectivity index (χ3n) is 3.21. The van der Waals surface area contributed by atoms with E-state index >= 15 is 0 Å². The molecule has 0 bridgehead atoms. The van der Waals surface area contributed by atoms with Crippen LogP contribution in [0.4, 0.5) is 10.7 Å². The standard InChI is InChI=1S/C11H18N4O5S2/c12-22(18,19)10-8-9(15(16)17)11(21-10)13-2-1-3-14-4-6-20-7-5-14/h8,13H,1-7H2,(H2,12,18,19). The lowest BCUT2D eigenvalue weighted by atomic mass is 10.3. The average Bonchev–Trinajstić information content (AvgIpc) is 2.89. The molecule has 11 heteroatoms. The van der Waals surface area contributed by atoms with Crippen LogP contribution in [0.5, 0.6) is 0 Å². The van der Waals surface area contributed by atoms with Crippen molar-refractivity contribution in [2.24, 2.45) is 5.14 Å². The van der Waals surface area contributed by atoms with Crippen molar-refractivity contribution in [3.05, 3.63) is 16.2 Å². The van der Waals surface area contributed by atoms with Gasteiger partial charge in [-0.1, -0.05) is 11.3 Å². The highest BCUT2D eigenvalue weighted by Gasteiger charge is 2.23. The van der Waals surface area contributed by atoms with Crippen LogP contribution in [0.25, 0.3) is 0 Å². The molecule has 0 atom stereocenters. The van der Waals surface area contributed by atoms with Gasteiger partial charge in [0.15, 0.2) is 5.00 Å². The molecule has 1 aromatic rings. The van der Waals surface area contributed by atoms with E-state index in [2.05, 4.69) is 10.2 Å². The fourth-order valence-electron chi connectivity index (χ4n) is 2.09. The van der Waals surface area contributed by atoms with Gasteiger partial charge in [-0.05, 0) is 13.0 Å². The maximum atomic E-state index is 11.3. The molecule has 2 heterocycles. The molecule has 2 rings (SSSR count). The van der Waals surface area contributed by atoms with Gasteiger partial charge in [-0.2, -0.15) is 0 Å². The summed E-state index contributed by atoms with van der Waals surface area (Å²) in [5.74, 6) is 0. The number of rotatable bonds is 7. The van der Waals surface area contributed by atoms with E-state index in [4.69, 9.17) is 9.88 Å². The predicted octanol–water partition coefficient (Wildman–Crippen LogP) is 0.438. The van der Waals surface area contributed by atoms with Crippen molar-refractivity contribution < 1.29 is 18.1 Å². The normalized spacial score (nSPS) is 16.6. The number of nitrogens with one attached hydrogen (secondary N) is 1. The molecule has 124 valence electrons. The van der Waals surface area contributed by atoms with Gasteiger partial charge in [0, 0.05) is 25.7 Å². The van der Waals surface area contributed by atoms with Crippen LogP contribution >= 0.6 is 11.3 Å². The minimum absolute atomic E-state index is 0.213. The first-order chi connectivity index (χ1) is 10.4. The summed E-state index contributed by atoms with van der Waals surface area (Å²) < 4.78 is 27.6. The third-order valence-corrected chi connectivity index (χ3v) is 5.71. The smallest absolute Gasteiger partial charge is 0.304 e. The highest BCUT2D eigenvalue weighted by Crippen LogP contribution is 2.36. The van der Waals surface area contributed by atoms with E-state index in [0.717, 1.165) is 56.7 Å². The number of thiophene rings is 1. The Kier molecular flexibility index (Phi) is 5.69. The quantitative estimate of drug-likeness (QED) is 0.415. The Morgan fingerprint density at radius 1 is 1.45 bits per heavy atom. The third kappa shape index (κ3) is 4.61. The van der Waals surface area contributed by atoms with Crippen LogP contribution in [0, 0.1) is 10.1 Å². The fourth-order valence-corrected chi connectivity index (χ4v) is 3.87. The Balaban J connectivity index is 1.91. The number of sulfonamides is 1. The Morgan fingerprint density at radius 3 is 2.73 bits per heavy atom. The summed E-state index contributed by atoms with van der Waals surface area (Å²) in [4.78, 5) is 12.6. The van der Waals surface area contributed by atoms with Crippen LogP contribution in [0.3, 0.4) is 0 Å².